The average molecular weight is 498 g/mol. The molecule has 0 atom stereocenters. The molecule has 32 heavy (non-hydrogen) atoms. The van der Waals surface area contributed by atoms with E-state index in [1.54, 1.807) is 6.07 Å². The van der Waals surface area contributed by atoms with Gasteiger partial charge in [-0.2, -0.15) is 9.78 Å². The van der Waals surface area contributed by atoms with Crippen molar-refractivity contribution in [2.45, 2.75) is 0 Å². The number of rotatable bonds is 6. The number of carbonyl (C=O) groups is 1. The molecule has 0 bridgehead atoms. The van der Waals surface area contributed by atoms with Gasteiger partial charge in [-0.15, -0.1) is 5.10 Å². The Bertz CT molecular complexity index is 1330. The van der Waals surface area contributed by atoms with E-state index >= 15 is 0 Å². The fourth-order valence-electron chi connectivity index (χ4n) is 2.73. The Labute approximate surface area is 187 Å². The van der Waals surface area contributed by atoms with Crippen LogP contribution in [0, 0.1) is 10.1 Å². The summed E-state index contributed by atoms with van der Waals surface area (Å²) in [6, 6.07) is 12.7. The van der Waals surface area contributed by atoms with Crippen molar-refractivity contribution < 1.29 is 14.3 Å². The molecule has 0 saturated carbocycles. The zero-order chi connectivity index (χ0) is 22.7. The van der Waals surface area contributed by atoms with E-state index in [2.05, 4.69) is 51.7 Å². The van der Waals surface area contributed by atoms with Crippen molar-refractivity contribution in [3.63, 3.8) is 0 Å². The summed E-state index contributed by atoms with van der Waals surface area (Å²) in [6.07, 6.45) is 1.46. The third-order valence-electron chi connectivity index (χ3n) is 4.16. The molecule has 160 valence electrons. The second-order valence-corrected chi connectivity index (χ2v) is 7.15. The van der Waals surface area contributed by atoms with Gasteiger partial charge in [0.1, 0.15) is 5.69 Å². The van der Waals surface area contributed by atoms with Gasteiger partial charge >= 0.3 is 0 Å². The number of nitro groups is 1. The number of nitrogens with one attached hydrogen (secondary N) is 1. The van der Waals surface area contributed by atoms with Gasteiger partial charge in [0.05, 0.1) is 11.1 Å². The second kappa shape index (κ2) is 8.73. The molecular formula is C18H12BrN9O4. The Hall–Kier alpha value is -4.46. The molecule has 1 amide bonds. The van der Waals surface area contributed by atoms with Crippen LogP contribution in [-0.4, -0.2) is 42.4 Å². The molecule has 2 aromatic carbocycles. The molecule has 0 unspecified atom stereocenters. The van der Waals surface area contributed by atoms with Crippen LogP contribution in [0.4, 0.5) is 11.5 Å². The lowest BCUT2D eigenvalue weighted by atomic mass is 10.1. The summed E-state index contributed by atoms with van der Waals surface area (Å²) in [5, 5.41) is 29.9. The lowest BCUT2D eigenvalue weighted by Gasteiger charge is -2.05. The van der Waals surface area contributed by atoms with E-state index in [0.717, 1.165) is 14.7 Å². The van der Waals surface area contributed by atoms with Gasteiger partial charge in [0, 0.05) is 22.2 Å². The second-order valence-electron chi connectivity index (χ2n) is 6.23. The highest BCUT2D eigenvalue weighted by molar-refractivity contribution is 9.10. The predicted octanol–water partition coefficient (Wildman–Crippen LogP) is 2.33. The number of non-ortho nitro benzene ring substituents is 1. The van der Waals surface area contributed by atoms with E-state index in [1.807, 2.05) is 18.2 Å². The minimum Gasteiger partial charge on any atom is -0.378 e. The third-order valence-corrected chi connectivity index (χ3v) is 4.65. The summed E-state index contributed by atoms with van der Waals surface area (Å²) >= 11 is 3.36. The number of amides is 1. The van der Waals surface area contributed by atoms with Crippen molar-refractivity contribution in [1.82, 2.24) is 30.7 Å². The topological polar surface area (TPSA) is 180 Å². The molecular weight excluding hydrogens is 486 g/mol. The fourth-order valence-corrected chi connectivity index (χ4v) is 3.14. The van der Waals surface area contributed by atoms with Crippen LogP contribution in [0.3, 0.4) is 0 Å². The van der Waals surface area contributed by atoms with Gasteiger partial charge in [0.15, 0.2) is 5.69 Å². The number of nitrogen functional groups attached to an aromatic ring is 1. The molecule has 0 spiro atoms. The first kappa shape index (κ1) is 20.8. The Morgan fingerprint density at radius 3 is 2.69 bits per heavy atom. The predicted molar refractivity (Wildman–Crippen MR) is 115 cm³/mol. The number of aromatic nitrogens is 5. The number of nitrogens with two attached hydrogens (primary N) is 1. The van der Waals surface area contributed by atoms with E-state index in [9.17, 15) is 14.9 Å². The summed E-state index contributed by atoms with van der Waals surface area (Å²) < 4.78 is 6.61. The van der Waals surface area contributed by atoms with Crippen LogP contribution in [0.5, 0.6) is 0 Å². The zero-order valence-corrected chi connectivity index (χ0v) is 17.5. The quantitative estimate of drug-likeness (QED) is 0.229. The lowest BCUT2D eigenvalue weighted by molar-refractivity contribution is -0.384. The summed E-state index contributed by atoms with van der Waals surface area (Å²) in [4.78, 5) is 23.2. The first-order chi connectivity index (χ1) is 15.4. The van der Waals surface area contributed by atoms with Crippen LogP contribution >= 0.6 is 15.9 Å². The van der Waals surface area contributed by atoms with E-state index in [-0.39, 0.29) is 28.7 Å². The highest BCUT2D eigenvalue weighted by atomic mass is 79.9. The van der Waals surface area contributed by atoms with E-state index in [0.29, 0.717) is 5.56 Å². The first-order valence-corrected chi connectivity index (χ1v) is 9.61. The minimum absolute atomic E-state index is 0.00235. The molecule has 0 saturated heterocycles. The monoisotopic (exact) mass is 497 g/mol. The number of nitro benzene ring substituents is 1. The highest BCUT2D eigenvalue weighted by Crippen LogP contribution is 2.28. The highest BCUT2D eigenvalue weighted by Gasteiger charge is 2.25. The Morgan fingerprint density at radius 1 is 1.25 bits per heavy atom. The SMILES string of the molecule is Nc1nonc1-n1nnc(C(=O)NN=Cc2cccc(Br)c2)c1-c1ccc([N+](=O)[O-])cc1. The number of anilines is 1. The molecule has 2 heterocycles. The van der Waals surface area contributed by atoms with Crippen molar-refractivity contribution in [3.05, 3.63) is 74.4 Å². The Morgan fingerprint density at radius 2 is 2.03 bits per heavy atom. The first-order valence-electron chi connectivity index (χ1n) is 8.82. The normalized spacial score (nSPS) is 11.0. The standard InChI is InChI=1S/C18H12BrN9O4/c19-12-3-1-2-10(8-12)9-21-23-18(29)14-15(11-4-6-13(7-5-11)28(30)31)27(26-22-14)17-16(20)24-32-25-17/h1-9H,(H2,20,24)(H,23,29). The molecule has 4 aromatic rings. The molecule has 0 aliphatic carbocycles. The van der Waals surface area contributed by atoms with Crippen molar-refractivity contribution in [3.8, 4) is 17.1 Å². The van der Waals surface area contributed by atoms with Gasteiger partial charge in [-0.1, -0.05) is 33.3 Å². The number of hydrogen-bond acceptors (Lipinski definition) is 10. The summed E-state index contributed by atoms with van der Waals surface area (Å²) in [6.45, 7) is 0. The van der Waals surface area contributed by atoms with Gasteiger partial charge in [-0.05, 0) is 40.1 Å². The number of halogens is 1. The molecule has 14 heteroatoms. The van der Waals surface area contributed by atoms with E-state index in [1.165, 1.54) is 30.5 Å². The van der Waals surface area contributed by atoms with Gasteiger partial charge in [-0.25, -0.2) is 10.1 Å². The fraction of sp³-hybridized carbons (Fsp3) is 0. The van der Waals surface area contributed by atoms with Crippen LogP contribution in [0.15, 0.2) is 62.7 Å². The maximum atomic E-state index is 12.8. The van der Waals surface area contributed by atoms with Gasteiger partial charge in [-0.3, -0.25) is 14.9 Å². The van der Waals surface area contributed by atoms with Crippen molar-refractivity contribution in [1.29, 1.82) is 0 Å². The number of hydrogen-bond donors (Lipinski definition) is 2. The lowest BCUT2D eigenvalue weighted by Crippen LogP contribution is -2.19. The molecule has 2 aromatic heterocycles. The average Bonchev–Trinajstić information content (AvgIpc) is 3.39. The van der Waals surface area contributed by atoms with Crippen LogP contribution in [0.2, 0.25) is 0 Å². The Kier molecular flexibility index (Phi) is 5.67. The molecule has 0 fully saturated rings. The third kappa shape index (κ3) is 4.20. The largest absolute Gasteiger partial charge is 0.378 e. The van der Waals surface area contributed by atoms with Crippen LogP contribution in [0.25, 0.3) is 17.1 Å². The van der Waals surface area contributed by atoms with Crippen LogP contribution in [-0.2, 0) is 0 Å². The number of benzene rings is 2. The number of carbonyl (C=O) groups excluding carboxylic acids is 1. The maximum Gasteiger partial charge on any atom is 0.294 e. The smallest absolute Gasteiger partial charge is 0.294 e. The minimum atomic E-state index is -0.675. The zero-order valence-electron chi connectivity index (χ0n) is 15.9. The van der Waals surface area contributed by atoms with Crippen molar-refractivity contribution in [2.75, 3.05) is 5.73 Å². The molecule has 3 N–H and O–H groups in total. The number of nitrogens with zero attached hydrogens (tertiary/aromatic N) is 7. The number of hydrazone groups is 1. The maximum absolute atomic E-state index is 12.8. The van der Waals surface area contributed by atoms with Gasteiger partial charge in [0.2, 0.25) is 11.6 Å². The summed E-state index contributed by atoms with van der Waals surface area (Å²) in [5.41, 5.74) is 9.20. The Balaban J connectivity index is 1.70. The van der Waals surface area contributed by atoms with Gasteiger partial charge in [0.25, 0.3) is 11.6 Å². The molecule has 0 aliphatic rings. The molecule has 13 nitrogen and oxygen atoms in total. The van der Waals surface area contributed by atoms with Crippen LogP contribution < -0.4 is 11.2 Å². The summed E-state index contributed by atoms with van der Waals surface area (Å²) in [7, 11) is 0. The van der Waals surface area contributed by atoms with E-state index < -0.39 is 10.8 Å². The molecule has 4 rings (SSSR count). The van der Waals surface area contributed by atoms with Crippen LogP contribution in [0.1, 0.15) is 16.1 Å². The van der Waals surface area contributed by atoms with Crippen molar-refractivity contribution in [2.24, 2.45) is 5.10 Å². The van der Waals surface area contributed by atoms with E-state index in [4.69, 9.17) is 5.73 Å². The molecule has 0 radical (unpaired) electrons. The van der Waals surface area contributed by atoms with Gasteiger partial charge < -0.3 is 5.73 Å². The summed E-state index contributed by atoms with van der Waals surface area (Å²) in [5.74, 6) is -0.758. The molecule has 0 aliphatic heterocycles. The van der Waals surface area contributed by atoms with Crippen molar-refractivity contribution >= 4 is 39.6 Å².